The highest BCUT2D eigenvalue weighted by Crippen LogP contribution is 2.36. The Bertz CT molecular complexity index is 911. The summed E-state index contributed by atoms with van der Waals surface area (Å²) in [6, 6.07) is 12.4. The Morgan fingerprint density at radius 3 is 2.29 bits per heavy atom. The summed E-state index contributed by atoms with van der Waals surface area (Å²) in [7, 11) is 0. The zero-order valence-corrected chi connectivity index (χ0v) is 15.9. The zero-order valence-electron chi connectivity index (χ0n) is 15.9. The van der Waals surface area contributed by atoms with Crippen molar-refractivity contribution in [1.29, 1.82) is 0 Å². The number of benzene rings is 2. The molecule has 4 heteroatoms. The second kappa shape index (κ2) is 9.18. The van der Waals surface area contributed by atoms with Gasteiger partial charge in [-0.25, -0.2) is 9.59 Å². The molecule has 0 fully saturated rings. The molecule has 2 aromatic rings. The van der Waals surface area contributed by atoms with E-state index in [0.29, 0.717) is 12.4 Å². The van der Waals surface area contributed by atoms with Gasteiger partial charge in [-0.3, -0.25) is 0 Å². The van der Waals surface area contributed by atoms with E-state index >= 15 is 0 Å². The van der Waals surface area contributed by atoms with Crippen LogP contribution < -0.4 is 4.74 Å². The second-order valence-corrected chi connectivity index (χ2v) is 6.76. The first-order valence-electron chi connectivity index (χ1n) is 9.49. The zero-order chi connectivity index (χ0) is 19.9. The van der Waals surface area contributed by atoms with E-state index in [1.807, 2.05) is 18.2 Å². The van der Waals surface area contributed by atoms with Gasteiger partial charge in [0.15, 0.2) is 0 Å². The minimum absolute atomic E-state index is 0.366. The predicted octanol–water partition coefficient (Wildman–Crippen LogP) is 4.60. The van der Waals surface area contributed by atoms with E-state index in [-0.39, 0.29) is 5.97 Å². The molecule has 0 saturated carbocycles. The number of unbranched alkanes of at least 4 members (excludes halogenated alkanes) is 1. The van der Waals surface area contributed by atoms with Gasteiger partial charge >= 0.3 is 11.9 Å². The lowest BCUT2D eigenvalue weighted by Gasteiger charge is -2.21. The molecule has 28 heavy (non-hydrogen) atoms. The SMILES string of the molecule is C=CC(=O)OCCCCc1ccc2c(c1)CCc1cc(OC(=O)C=C)ccc1-2. The number of hydrogen-bond donors (Lipinski definition) is 0. The minimum atomic E-state index is -0.444. The van der Waals surface area contributed by atoms with Crippen LogP contribution >= 0.6 is 0 Å². The maximum absolute atomic E-state index is 11.4. The van der Waals surface area contributed by atoms with Gasteiger partial charge in [-0.05, 0) is 72.1 Å². The molecule has 1 aliphatic rings. The summed E-state index contributed by atoms with van der Waals surface area (Å²) >= 11 is 0. The third-order valence-corrected chi connectivity index (χ3v) is 4.86. The molecule has 0 atom stereocenters. The highest BCUT2D eigenvalue weighted by atomic mass is 16.5. The number of fused-ring (bicyclic) bond motifs is 3. The summed E-state index contributed by atoms with van der Waals surface area (Å²) in [6.45, 7) is 7.24. The number of ether oxygens (including phenoxy) is 2. The van der Waals surface area contributed by atoms with Crippen LogP contribution in [-0.2, 0) is 33.6 Å². The van der Waals surface area contributed by atoms with Crippen LogP contribution in [-0.4, -0.2) is 18.5 Å². The summed E-state index contributed by atoms with van der Waals surface area (Å²) in [5.41, 5.74) is 6.28. The monoisotopic (exact) mass is 376 g/mol. The van der Waals surface area contributed by atoms with Crippen LogP contribution in [0.4, 0.5) is 0 Å². The molecular weight excluding hydrogens is 352 g/mol. The normalized spacial score (nSPS) is 11.7. The Balaban J connectivity index is 1.64. The van der Waals surface area contributed by atoms with Gasteiger partial charge in [-0.2, -0.15) is 0 Å². The maximum atomic E-state index is 11.4. The van der Waals surface area contributed by atoms with Crippen LogP contribution in [0.5, 0.6) is 5.75 Å². The number of aryl methyl sites for hydroxylation is 3. The summed E-state index contributed by atoms with van der Waals surface area (Å²) in [5, 5.41) is 0. The molecule has 4 nitrogen and oxygen atoms in total. The number of hydrogen-bond acceptors (Lipinski definition) is 4. The van der Waals surface area contributed by atoms with Crippen LogP contribution in [0.3, 0.4) is 0 Å². The molecular formula is C24H24O4. The van der Waals surface area contributed by atoms with E-state index in [4.69, 9.17) is 9.47 Å². The van der Waals surface area contributed by atoms with E-state index < -0.39 is 5.97 Å². The van der Waals surface area contributed by atoms with Crippen molar-refractivity contribution in [2.75, 3.05) is 6.61 Å². The minimum Gasteiger partial charge on any atom is -0.463 e. The Kier molecular flexibility index (Phi) is 6.43. The average molecular weight is 376 g/mol. The van der Waals surface area contributed by atoms with E-state index in [1.165, 1.54) is 40.0 Å². The first-order valence-corrected chi connectivity index (χ1v) is 9.49. The molecule has 0 bridgehead atoms. The first kappa shape index (κ1) is 19.6. The predicted molar refractivity (Wildman–Crippen MR) is 109 cm³/mol. The molecule has 0 unspecified atom stereocenters. The van der Waals surface area contributed by atoms with Crippen LogP contribution in [0.25, 0.3) is 11.1 Å². The standard InChI is InChI=1S/C24H24O4/c1-3-23(25)27-14-6-5-7-17-8-12-21-18(15-17)9-10-19-16-20(11-13-22(19)21)28-24(26)4-2/h3-4,8,11-13,15-16H,1-2,5-7,9-10,14H2. The number of rotatable bonds is 8. The Morgan fingerprint density at radius 2 is 1.57 bits per heavy atom. The van der Waals surface area contributed by atoms with Crippen LogP contribution in [0.15, 0.2) is 61.7 Å². The maximum Gasteiger partial charge on any atom is 0.335 e. The van der Waals surface area contributed by atoms with Gasteiger partial charge in [0.25, 0.3) is 0 Å². The van der Waals surface area contributed by atoms with Gasteiger partial charge in [0.1, 0.15) is 5.75 Å². The van der Waals surface area contributed by atoms with Gasteiger partial charge in [-0.15, -0.1) is 0 Å². The summed E-state index contributed by atoms with van der Waals surface area (Å²) < 4.78 is 10.2. The molecule has 0 aliphatic heterocycles. The molecule has 0 N–H and O–H groups in total. The van der Waals surface area contributed by atoms with Crippen LogP contribution in [0.2, 0.25) is 0 Å². The number of esters is 2. The molecule has 1 aliphatic carbocycles. The molecule has 0 heterocycles. The molecule has 2 aromatic carbocycles. The third-order valence-electron chi connectivity index (χ3n) is 4.86. The van der Waals surface area contributed by atoms with Crippen LogP contribution in [0.1, 0.15) is 29.5 Å². The Morgan fingerprint density at radius 1 is 0.893 bits per heavy atom. The van der Waals surface area contributed by atoms with E-state index in [1.54, 1.807) is 0 Å². The molecule has 0 radical (unpaired) electrons. The lowest BCUT2D eigenvalue weighted by atomic mass is 9.84. The van der Waals surface area contributed by atoms with E-state index in [0.717, 1.165) is 32.1 Å². The largest absolute Gasteiger partial charge is 0.463 e. The van der Waals surface area contributed by atoms with Crippen molar-refractivity contribution in [3.63, 3.8) is 0 Å². The molecule has 0 saturated heterocycles. The summed E-state index contributed by atoms with van der Waals surface area (Å²) in [4.78, 5) is 22.4. The van der Waals surface area contributed by atoms with Gasteiger partial charge in [0, 0.05) is 12.2 Å². The van der Waals surface area contributed by atoms with Crippen molar-refractivity contribution in [3.05, 3.63) is 78.4 Å². The first-order chi connectivity index (χ1) is 13.6. The smallest absolute Gasteiger partial charge is 0.335 e. The number of carbonyl (C=O) groups is 2. The van der Waals surface area contributed by atoms with Crippen molar-refractivity contribution >= 4 is 11.9 Å². The van der Waals surface area contributed by atoms with Crippen molar-refractivity contribution < 1.29 is 19.1 Å². The average Bonchev–Trinajstić information content (AvgIpc) is 2.72. The molecule has 0 amide bonds. The quantitative estimate of drug-likeness (QED) is 0.292. The number of carbonyl (C=O) groups excluding carboxylic acids is 2. The molecule has 0 aromatic heterocycles. The molecule has 144 valence electrons. The van der Waals surface area contributed by atoms with E-state index in [2.05, 4.69) is 31.4 Å². The van der Waals surface area contributed by atoms with Gasteiger partial charge < -0.3 is 9.47 Å². The van der Waals surface area contributed by atoms with E-state index in [9.17, 15) is 9.59 Å². The Hall–Kier alpha value is -3.14. The fourth-order valence-corrected chi connectivity index (χ4v) is 3.47. The lowest BCUT2D eigenvalue weighted by molar-refractivity contribution is -0.137. The fraction of sp³-hybridized carbons (Fsp3) is 0.250. The highest BCUT2D eigenvalue weighted by molar-refractivity contribution is 5.84. The van der Waals surface area contributed by atoms with Gasteiger partial charge in [0.2, 0.25) is 0 Å². The topological polar surface area (TPSA) is 52.6 Å². The van der Waals surface area contributed by atoms with Gasteiger partial charge in [-0.1, -0.05) is 37.4 Å². The summed E-state index contributed by atoms with van der Waals surface area (Å²) in [6.07, 6.45) is 7.01. The van der Waals surface area contributed by atoms with Crippen LogP contribution in [0, 0.1) is 0 Å². The van der Waals surface area contributed by atoms with Gasteiger partial charge in [0.05, 0.1) is 6.61 Å². The fourth-order valence-electron chi connectivity index (χ4n) is 3.47. The van der Waals surface area contributed by atoms with Crippen molar-refractivity contribution in [3.8, 4) is 16.9 Å². The Labute approximate surface area is 165 Å². The second-order valence-electron chi connectivity index (χ2n) is 6.76. The molecule has 0 spiro atoms. The lowest BCUT2D eigenvalue weighted by Crippen LogP contribution is -2.07. The molecule has 3 rings (SSSR count). The third kappa shape index (κ3) is 4.77. The van der Waals surface area contributed by atoms with Crippen molar-refractivity contribution in [2.24, 2.45) is 0 Å². The summed E-state index contributed by atoms with van der Waals surface area (Å²) in [5.74, 6) is -0.254. The highest BCUT2D eigenvalue weighted by Gasteiger charge is 2.17. The van der Waals surface area contributed by atoms with Crippen molar-refractivity contribution in [2.45, 2.75) is 32.1 Å². The van der Waals surface area contributed by atoms with Crippen molar-refractivity contribution in [1.82, 2.24) is 0 Å².